The Labute approximate surface area is 228 Å². The van der Waals surface area contributed by atoms with Gasteiger partial charge in [-0.2, -0.15) is 0 Å². The number of benzene rings is 2. The molecule has 1 amide bonds. The first-order valence-corrected chi connectivity index (χ1v) is 14.7. The van der Waals surface area contributed by atoms with E-state index in [-0.39, 0.29) is 18.7 Å². The highest BCUT2D eigenvalue weighted by molar-refractivity contribution is 7.88. The number of aryl methyl sites for hydroxylation is 1. The van der Waals surface area contributed by atoms with E-state index in [0.29, 0.717) is 23.7 Å². The summed E-state index contributed by atoms with van der Waals surface area (Å²) in [7, 11) is -0.510. The molecule has 1 aliphatic rings. The van der Waals surface area contributed by atoms with Gasteiger partial charge in [-0.3, -0.25) is 0 Å². The first-order valence-electron chi connectivity index (χ1n) is 12.9. The van der Waals surface area contributed by atoms with Crippen LogP contribution in [0.25, 0.3) is 10.9 Å². The van der Waals surface area contributed by atoms with Crippen LogP contribution in [0.4, 0.5) is 4.79 Å². The number of hydrogen-bond acceptors (Lipinski definition) is 7. The highest BCUT2D eigenvalue weighted by atomic mass is 32.2. The van der Waals surface area contributed by atoms with Crippen LogP contribution < -0.4 is 4.74 Å². The van der Waals surface area contributed by atoms with Crippen molar-refractivity contribution < 1.29 is 32.6 Å². The van der Waals surface area contributed by atoms with Crippen LogP contribution in [0.3, 0.4) is 0 Å². The predicted molar refractivity (Wildman–Crippen MR) is 147 cm³/mol. The summed E-state index contributed by atoms with van der Waals surface area (Å²) in [4.78, 5) is 26.8. The third-order valence-electron chi connectivity index (χ3n) is 7.31. The zero-order chi connectivity index (χ0) is 28.2. The average Bonchev–Trinajstić information content (AvgIpc) is 3.21. The maximum atomic E-state index is 12.6. The molecular formula is C28H35N3O7S. The lowest BCUT2D eigenvalue weighted by atomic mass is 9.88. The number of piperidine rings is 1. The van der Waals surface area contributed by atoms with E-state index >= 15 is 0 Å². The summed E-state index contributed by atoms with van der Waals surface area (Å²) in [6, 6.07) is 14.9. The fraction of sp³-hybridized carbons (Fsp3) is 0.429. The molecule has 11 heteroatoms. The van der Waals surface area contributed by atoms with Crippen molar-refractivity contribution in [2.24, 2.45) is 13.0 Å². The van der Waals surface area contributed by atoms with Gasteiger partial charge in [0, 0.05) is 19.0 Å². The molecule has 2 heterocycles. The van der Waals surface area contributed by atoms with Crippen molar-refractivity contribution in [3.8, 4) is 5.88 Å². The SMILES string of the molecule is COc1c(C(=O)O)c2c(CC3CCN(CCN(C(=O)OCc4ccccc4)S(C)(=O)=O)CC3)cccc2n1C. The smallest absolute Gasteiger partial charge is 0.423 e. The first kappa shape index (κ1) is 28.4. The molecule has 2 aromatic carbocycles. The number of sulfonamides is 1. The van der Waals surface area contributed by atoms with Crippen LogP contribution in [-0.2, 0) is 34.8 Å². The molecule has 1 aromatic heterocycles. The highest BCUT2D eigenvalue weighted by Crippen LogP contribution is 2.35. The van der Waals surface area contributed by atoms with Crippen molar-refractivity contribution in [3.63, 3.8) is 0 Å². The van der Waals surface area contributed by atoms with Crippen LogP contribution in [-0.4, -0.2) is 78.9 Å². The second-order valence-corrected chi connectivity index (χ2v) is 11.8. The molecule has 0 spiro atoms. The Morgan fingerprint density at radius 2 is 1.77 bits per heavy atom. The van der Waals surface area contributed by atoms with Crippen molar-refractivity contribution in [1.82, 2.24) is 13.8 Å². The number of carbonyl (C=O) groups excluding carboxylic acids is 1. The van der Waals surface area contributed by atoms with Gasteiger partial charge in [-0.25, -0.2) is 22.3 Å². The molecule has 0 bridgehead atoms. The van der Waals surface area contributed by atoms with Gasteiger partial charge in [0.25, 0.3) is 0 Å². The number of fused-ring (bicyclic) bond motifs is 1. The summed E-state index contributed by atoms with van der Waals surface area (Å²) in [5.74, 6) is -0.337. The van der Waals surface area contributed by atoms with Crippen molar-refractivity contribution >= 4 is 33.0 Å². The lowest BCUT2D eigenvalue weighted by Crippen LogP contribution is -2.44. The lowest BCUT2D eigenvalue weighted by molar-refractivity contribution is 0.0694. The molecular weight excluding hydrogens is 522 g/mol. The van der Waals surface area contributed by atoms with E-state index in [4.69, 9.17) is 9.47 Å². The Hall–Kier alpha value is -3.57. The number of aromatic nitrogens is 1. The van der Waals surface area contributed by atoms with E-state index in [1.165, 1.54) is 7.11 Å². The molecule has 0 unspecified atom stereocenters. The Balaban J connectivity index is 1.36. The average molecular weight is 558 g/mol. The van der Waals surface area contributed by atoms with Crippen LogP contribution in [0.5, 0.6) is 5.88 Å². The minimum absolute atomic E-state index is 0.000717. The molecule has 1 N–H and O–H groups in total. The topological polar surface area (TPSA) is 118 Å². The van der Waals surface area contributed by atoms with E-state index in [2.05, 4.69) is 4.90 Å². The largest absolute Gasteiger partial charge is 0.482 e. The second kappa shape index (κ2) is 12.1. The molecule has 0 aliphatic carbocycles. The number of methoxy groups -OCH3 is 1. The fourth-order valence-corrected chi connectivity index (χ4v) is 6.02. The molecule has 3 aromatic rings. The molecule has 10 nitrogen and oxygen atoms in total. The summed E-state index contributed by atoms with van der Waals surface area (Å²) >= 11 is 0. The van der Waals surface area contributed by atoms with Crippen LogP contribution >= 0.6 is 0 Å². The van der Waals surface area contributed by atoms with E-state index in [9.17, 15) is 23.1 Å². The van der Waals surface area contributed by atoms with Gasteiger partial charge in [0.05, 0.1) is 25.4 Å². The minimum atomic E-state index is -3.78. The molecule has 1 saturated heterocycles. The van der Waals surface area contributed by atoms with Crippen LogP contribution in [0.2, 0.25) is 0 Å². The van der Waals surface area contributed by atoms with Crippen molar-refractivity contribution in [1.29, 1.82) is 0 Å². The summed E-state index contributed by atoms with van der Waals surface area (Å²) < 4.78 is 37.8. The lowest BCUT2D eigenvalue weighted by Gasteiger charge is -2.33. The quantitative estimate of drug-likeness (QED) is 0.401. The first-order chi connectivity index (χ1) is 18.6. The molecule has 0 radical (unpaired) electrons. The molecule has 39 heavy (non-hydrogen) atoms. The van der Waals surface area contributed by atoms with E-state index in [0.717, 1.165) is 59.6 Å². The zero-order valence-electron chi connectivity index (χ0n) is 22.5. The maximum Gasteiger partial charge on any atom is 0.423 e. The molecule has 0 atom stereocenters. The number of carbonyl (C=O) groups is 2. The summed E-state index contributed by atoms with van der Waals surface area (Å²) in [5.41, 5.74) is 2.76. The van der Waals surface area contributed by atoms with Gasteiger partial charge in [0.1, 0.15) is 12.2 Å². The number of ether oxygens (including phenoxy) is 2. The fourth-order valence-electron chi connectivity index (χ4n) is 5.29. The molecule has 0 saturated carbocycles. The van der Waals surface area contributed by atoms with Crippen LogP contribution in [0.15, 0.2) is 48.5 Å². The zero-order valence-corrected chi connectivity index (χ0v) is 23.3. The standard InChI is InChI=1S/C28H35N3O7S/c1-29-23-11-7-10-22(24(23)25(27(32)33)26(29)37-2)18-20-12-14-30(15-13-20)16-17-31(39(3,35)36)28(34)38-19-21-8-5-4-6-9-21/h4-11,20H,12-19H2,1-3H3,(H,32,33). The van der Waals surface area contributed by atoms with Crippen molar-refractivity contribution in [2.75, 3.05) is 39.5 Å². The third-order valence-corrected chi connectivity index (χ3v) is 8.44. The van der Waals surface area contributed by atoms with Crippen molar-refractivity contribution in [3.05, 3.63) is 65.2 Å². The van der Waals surface area contributed by atoms with Gasteiger partial charge in [-0.15, -0.1) is 0 Å². The highest BCUT2D eigenvalue weighted by Gasteiger charge is 2.28. The number of rotatable bonds is 10. The predicted octanol–water partition coefficient (Wildman–Crippen LogP) is 3.74. The number of likely N-dealkylation sites (tertiary alicyclic amines) is 1. The van der Waals surface area contributed by atoms with Gasteiger partial charge < -0.3 is 24.0 Å². The normalized spacial score (nSPS) is 14.8. The van der Waals surface area contributed by atoms with Gasteiger partial charge in [0.2, 0.25) is 15.9 Å². The molecule has 4 rings (SSSR count). The molecule has 210 valence electrons. The van der Waals surface area contributed by atoms with E-state index in [1.807, 2.05) is 36.4 Å². The third kappa shape index (κ3) is 6.54. The Morgan fingerprint density at radius 3 is 2.38 bits per heavy atom. The van der Waals surface area contributed by atoms with Crippen LogP contribution in [0, 0.1) is 5.92 Å². The Morgan fingerprint density at radius 1 is 1.08 bits per heavy atom. The van der Waals surface area contributed by atoms with E-state index in [1.54, 1.807) is 23.7 Å². The van der Waals surface area contributed by atoms with E-state index < -0.39 is 22.1 Å². The number of carboxylic acid groups (broad SMARTS) is 1. The number of amides is 1. The monoisotopic (exact) mass is 557 g/mol. The summed E-state index contributed by atoms with van der Waals surface area (Å²) in [6.07, 6.45) is 2.62. The molecule has 1 fully saturated rings. The van der Waals surface area contributed by atoms with Gasteiger partial charge in [-0.1, -0.05) is 42.5 Å². The summed E-state index contributed by atoms with van der Waals surface area (Å²) in [6.45, 7) is 1.93. The van der Waals surface area contributed by atoms with Gasteiger partial charge in [0.15, 0.2) is 0 Å². The number of carboxylic acids is 1. The maximum absolute atomic E-state index is 12.6. The second-order valence-electron chi connectivity index (χ2n) is 9.92. The van der Waals surface area contributed by atoms with Gasteiger partial charge in [-0.05, 0) is 55.5 Å². The summed E-state index contributed by atoms with van der Waals surface area (Å²) in [5, 5.41) is 10.6. The minimum Gasteiger partial charge on any atom is -0.482 e. The van der Waals surface area contributed by atoms with Gasteiger partial charge >= 0.3 is 12.1 Å². The number of nitrogens with zero attached hydrogens (tertiary/aromatic N) is 3. The Bertz CT molecular complexity index is 1430. The number of hydrogen-bond donors (Lipinski definition) is 1. The number of aromatic carboxylic acids is 1. The van der Waals surface area contributed by atoms with Crippen LogP contribution in [0.1, 0.15) is 34.3 Å². The Kier molecular flexibility index (Phi) is 8.81. The molecule has 1 aliphatic heterocycles. The van der Waals surface area contributed by atoms with Crippen molar-refractivity contribution in [2.45, 2.75) is 25.9 Å².